The molecule has 1 saturated heterocycles. The van der Waals surface area contributed by atoms with E-state index in [0.29, 0.717) is 14.3 Å². The number of piperidine rings is 1. The number of benzene rings is 2. The zero-order valence-electron chi connectivity index (χ0n) is 23.7. The summed E-state index contributed by atoms with van der Waals surface area (Å²) in [5, 5.41) is 13.1. The van der Waals surface area contributed by atoms with E-state index in [-0.39, 0.29) is 16.0 Å². The minimum absolute atomic E-state index is 0.0294. The SMILES string of the molecule is CCCCCC(C)(Pc1ccccc1N1CCCCC1)c1cc(C(C)(C)C)cc(C(C)(C)C)c1O. The predicted octanol–water partition coefficient (Wildman–Crippen LogP) is 8.78. The predicted molar refractivity (Wildman–Crippen MR) is 157 cm³/mol. The second-order valence-corrected chi connectivity index (χ2v) is 14.8. The number of nitrogens with zero attached hydrogens (tertiary/aromatic N) is 1. The fourth-order valence-electron chi connectivity index (χ4n) is 5.34. The highest BCUT2D eigenvalue weighted by atomic mass is 31.1. The lowest BCUT2D eigenvalue weighted by Crippen LogP contribution is -2.33. The van der Waals surface area contributed by atoms with Crippen molar-refractivity contribution in [2.45, 2.75) is 116 Å². The molecule has 35 heavy (non-hydrogen) atoms. The van der Waals surface area contributed by atoms with Crippen molar-refractivity contribution in [1.29, 1.82) is 0 Å². The summed E-state index contributed by atoms with van der Waals surface area (Å²) in [6.45, 7) is 20.6. The molecule has 1 heterocycles. The van der Waals surface area contributed by atoms with Crippen LogP contribution in [0.2, 0.25) is 0 Å². The van der Waals surface area contributed by atoms with Gasteiger partial charge in [-0.3, -0.25) is 0 Å². The Balaban J connectivity index is 2.15. The molecule has 2 unspecified atom stereocenters. The minimum Gasteiger partial charge on any atom is -0.507 e. The van der Waals surface area contributed by atoms with E-state index in [9.17, 15) is 5.11 Å². The van der Waals surface area contributed by atoms with Crippen molar-refractivity contribution in [3.05, 3.63) is 53.1 Å². The lowest BCUT2D eigenvalue weighted by Gasteiger charge is -2.37. The van der Waals surface area contributed by atoms with Crippen molar-refractivity contribution >= 4 is 19.6 Å². The summed E-state index contributed by atoms with van der Waals surface area (Å²) in [6, 6.07) is 13.7. The zero-order valence-corrected chi connectivity index (χ0v) is 24.7. The van der Waals surface area contributed by atoms with Gasteiger partial charge in [-0.15, -0.1) is 0 Å². The van der Waals surface area contributed by atoms with E-state index in [1.54, 1.807) is 0 Å². The highest BCUT2D eigenvalue weighted by Crippen LogP contribution is 2.52. The third-order valence-corrected chi connectivity index (χ3v) is 9.43. The van der Waals surface area contributed by atoms with Crippen molar-refractivity contribution in [2.24, 2.45) is 0 Å². The molecule has 0 bridgehead atoms. The number of unbranched alkanes of at least 4 members (excludes halogenated alkanes) is 2. The molecular weight excluding hydrogens is 445 g/mol. The topological polar surface area (TPSA) is 23.5 Å². The van der Waals surface area contributed by atoms with Gasteiger partial charge in [-0.25, -0.2) is 0 Å². The molecule has 3 rings (SSSR count). The number of anilines is 1. The standard InChI is InChI=1S/C32H50NOP/c1-9-10-14-19-32(8,35-28-18-13-12-17-27(28)33-20-15-11-16-21-33)26-23-24(30(2,3)4)22-25(29(26)34)31(5,6)7/h12-13,17-18,22-23,34-35H,9-11,14-16,19-21H2,1-8H3. The Hall–Kier alpha value is -1.53. The van der Waals surface area contributed by atoms with Crippen LogP contribution in [0.1, 0.15) is 117 Å². The molecular formula is C32H50NOP. The second kappa shape index (κ2) is 11.2. The number of para-hydroxylation sites is 1. The average Bonchev–Trinajstić information content (AvgIpc) is 2.78. The molecule has 194 valence electrons. The van der Waals surface area contributed by atoms with Gasteiger partial charge in [0, 0.05) is 29.5 Å². The highest BCUT2D eigenvalue weighted by molar-refractivity contribution is 7.49. The maximum absolute atomic E-state index is 11.8. The molecule has 1 aliphatic heterocycles. The maximum Gasteiger partial charge on any atom is 0.123 e. The van der Waals surface area contributed by atoms with Crippen LogP contribution >= 0.6 is 8.58 Å². The van der Waals surface area contributed by atoms with Gasteiger partial charge >= 0.3 is 0 Å². The fraction of sp³-hybridized carbons (Fsp3) is 0.625. The first-order chi connectivity index (χ1) is 16.4. The summed E-state index contributed by atoms with van der Waals surface area (Å²) in [5.74, 6) is 0.521. The van der Waals surface area contributed by atoms with Crippen LogP contribution in [0.15, 0.2) is 36.4 Å². The number of hydrogen-bond donors (Lipinski definition) is 1. The number of aromatic hydroxyl groups is 1. The molecule has 0 radical (unpaired) electrons. The molecule has 3 heteroatoms. The van der Waals surface area contributed by atoms with Gasteiger partial charge in [0.1, 0.15) is 5.75 Å². The lowest BCUT2D eigenvalue weighted by atomic mass is 9.77. The van der Waals surface area contributed by atoms with Gasteiger partial charge < -0.3 is 10.0 Å². The molecule has 0 amide bonds. The molecule has 1 N–H and O–H groups in total. The monoisotopic (exact) mass is 495 g/mol. The van der Waals surface area contributed by atoms with E-state index in [4.69, 9.17) is 0 Å². The first-order valence-corrected chi connectivity index (χ1v) is 14.9. The van der Waals surface area contributed by atoms with Crippen LogP contribution in [-0.2, 0) is 16.0 Å². The Bertz CT molecular complexity index is 978. The van der Waals surface area contributed by atoms with Crippen molar-refractivity contribution in [3.8, 4) is 5.75 Å². The van der Waals surface area contributed by atoms with Gasteiger partial charge in [0.15, 0.2) is 0 Å². The smallest absolute Gasteiger partial charge is 0.123 e. The van der Waals surface area contributed by atoms with Crippen LogP contribution in [0.4, 0.5) is 5.69 Å². The Morgan fingerprint density at radius 3 is 2.06 bits per heavy atom. The van der Waals surface area contributed by atoms with Crippen molar-refractivity contribution in [1.82, 2.24) is 0 Å². The second-order valence-electron chi connectivity index (χ2n) is 12.9. The quantitative estimate of drug-likeness (QED) is 0.292. The van der Waals surface area contributed by atoms with Gasteiger partial charge in [0.05, 0.1) is 0 Å². The van der Waals surface area contributed by atoms with E-state index in [2.05, 4.69) is 96.7 Å². The molecule has 0 spiro atoms. The van der Waals surface area contributed by atoms with Gasteiger partial charge in [0.2, 0.25) is 0 Å². The van der Waals surface area contributed by atoms with Gasteiger partial charge in [-0.1, -0.05) is 114 Å². The molecule has 1 fully saturated rings. The van der Waals surface area contributed by atoms with E-state index in [1.807, 2.05) is 0 Å². The zero-order chi connectivity index (χ0) is 25.9. The third-order valence-electron chi connectivity index (χ3n) is 7.67. The van der Waals surface area contributed by atoms with Crippen molar-refractivity contribution in [3.63, 3.8) is 0 Å². The maximum atomic E-state index is 11.8. The molecule has 2 aromatic carbocycles. The summed E-state index contributed by atoms with van der Waals surface area (Å²) in [4.78, 5) is 2.60. The van der Waals surface area contributed by atoms with Crippen molar-refractivity contribution < 1.29 is 5.11 Å². The number of phenols is 1. The summed E-state index contributed by atoms with van der Waals surface area (Å²) in [7, 11) is 0.615. The van der Waals surface area contributed by atoms with E-state index in [0.717, 1.165) is 30.6 Å². The molecule has 0 aromatic heterocycles. The van der Waals surface area contributed by atoms with Gasteiger partial charge in [-0.05, 0) is 59.0 Å². The highest BCUT2D eigenvalue weighted by Gasteiger charge is 2.35. The number of hydrogen-bond acceptors (Lipinski definition) is 2. The molecule has 0 saturated carbocycles. The van der Waals surface area contributed by atoms with E-state index >= 15 is 0 Å². The number of phenolic OH excluding ortho intramolecular Hbond substituents is 1. The summed E-state index contributed by atoms with van der Waals surface area (Å²) < 4.78 is 0. The fourth-order valence-corrected chi connectivity index (χ4v) is 7.11. The van der Waals surface area contributed by atoms with E-state index in [1.165, 1.54) is 55.1 Å². The summed E-state index contributed by atoms with van der Waals surface area (Å²) >= 11 is 0. The van der Waals surface area contributed by atoms with Crippen LogP contribution in [0.5, 0.6) is 5.75 Å². The summed E-state index contributed by atoms with van der Waals surface area (Å²) in [6.07, 6.45) is 8.65. The average molecular weight is 496 g/mol. The van der Waals surface area contributed by atoms with Crippen LogP contribution in [0.3, 0.4) is 0 Å². The Labute approximate surface area is 217 Å². The summed E-state index contributed by atoms with van der Waals surface area (Å²) in [5.41, 5.74) is 4.88. The van der Waals surface area contributed by atoms with Crippen molar-refractivity contribution in [2.75, 3.05) is 18.0 Å². The molecule has 0 aliphatic carbocycles. The molecule has 2 aromatic rings. The van der Waals surface area contributed by atoms with Crippen LogP contribution in [-0.4, -0.2) is 18.2 Å². The van der Waals surface area contributed by atoms with Crippen LogP contribution in [0, 0.1) is 0 Å². The lowest BCUT2D eigenvalue weighted by molar-refractivity contribution is 0.424. The largest absolute Gasteiger partial charge is 0.507 e. The molecule has 2 atom stereocenters. The first kappa shape index (κ1) is 28.0. The van der Waals surface area contributed by atoms with Gasteiger partial charge in [-0.2, -0.15) is 0 Å². The minimum atomic E-state index is -0.112. The Morgan fingerprint density at radius 1 is 0.829 bits per heavy atom. The van der Waals surface area contributed by atoms with Gasteiger partial charge in [0.25, 0.3) is 0 Å². The first-order valence-electron chi connectivity index (χ1n) is 13.9. The normalized spacial score (nSPS) is 17.2. The van der Waals surface area contributed by atoms with E-state index < -0.39 is 0 Å². The van der Waals surface area contributed by atoms with Crippen LogP contribution in [0.25, 0.3) is 0 Å². The third kappa shape index (κ3) is 6.82. The number of rotatable bonds is 8. The Morgan fingerprint density at radius 2 is 1.46 bits per heavy atom. The Kier molecular flexibility index (Phi) is 9.01. The van der Waals surface area contributed by atoms with Crippen LogP contribution < -0.4 is 10.2 Å². The molecule has 1 aliphatic rings. The molecule has 2 nitrogen and oxygen atoms in total.